The first-order valence-corrected chi connectivity index (χ1v) is 11.2. The molecule has 0 saturated carbocycles. The second-order valence-corrected chi connectivity index (χ2v) is 8.54. The number of rotatable bonds is 7. The Labute approximate surface area is 194 Å². The summed E-state index contributed by atoms with van der Waals surface area (Å²) in [6, 6.07) is 22.8. The number of aromatic nitrogens is 2. The Kier molecular flexibility index (Phi) is 6.92. The molecule has 0 aliphatic carbocycles. The van der Waals surface area contributed by atoms with Crippen LogP contribution in [0.1, 0.15) is 11.1 Å². The van der Waals surface area contributed by atoms with Gasteiger partial charge in [0.05, 0.1) is 29.5 Å². The van der Waals surface area contributed by atoms with Crippen molar-refractivity contribution in [3.05, 3.63) is 94.0 Å². The van der Waals surface area contributed by atoms with E-state index in [9.17, 15) is 4.79 Å². The van der Waals surface area contributed by atoms with E-state index in [1.165, 1.54) is 11.8 Å². The maximum atomic E-state index is 12.3. The number of halogens is 2. The number of hydrazone groups is 1. The lowest BCUT2D eigenvalue weighted by Gasteiger charge is -2.09. The molecule has 0 radical (unpaired) electrons. The van der Waals surface area contributed by atoms with Crippen LogP contribution in [0.15, 0.2) is 83.1 Å². The van der Waals surface area contributed by atoms with Gasteiger partial charge in [-0.05, 0) is 47.5 Å². The van der Waals surface area contributed by atoms with Crippen LogP contribution in [0.5, 0.6) is 0 Å². The number of para-hydroxylation sites is 2. The summed E-state index contributed by atoms with van der Waals surface area (Å²) in [6.45, 7) is 0.635. The summed E-state index contributed by atoms with van der Waals surface area (Å²) in [6.07, 6.45) is 1.58. The fourth-order valence-electron chi connectivity index (χ4n) is 2.98. The van der Waals surface area contributed by atoms with Gasteiger partial charge in [0.2, 0.25) is 0 Å². The minimum Gasteiger partial charge on any atom is -0.314 e. The van der Waals surface area contributed by atoms with E-state index in [0.29, 0.717) is 16.6 Å². The minimum atomic E-state index is -0.208. The van der Waals surface area contributed by atoms with E-state index in [-0.39, 0.29) is 11.7 Å². The maximum Gasteiger partial charge on any atom is 0.250 e. The molecule has 0 saturated heterocycles. The van der Waals surface area contributed by atoms with Gasteiger partial charge in [-0.1, -0.05) is 71.4 Å². The molecule has 5 nitrogen and oxygen atoms in total. The number of hydrogen-bond donors (Lipinski definition) is 1. The molecule has 0 spiro atoms. The zero-order valence-corrected chi connectivity index (χ0v) is 18.7. The molecule has 4 rings (SSSR count). The quantitative estimate of drug-likeness (QED) is 0.217. The van der Waals surface area contributed by atoms with E-state index in [2.05, 4.69) is 15.1 Å². The van der Waals surface area contributed by atoms with E-state index in [0.717, 1.165) is 27.3 Å². The standard InChI is InChI=1S/C23H18Cl2N4OS/c24-18-9-5-16(6-10-18)13-26-28-22(30)15-31-23-27-20-3-1-2-4-21(20)29(23)14-17-7-11-19(25)12-8-17/h1-13H,14-15H2,(H,28,30)/b26-13+. The lowest BCUT2D eigenvalue weighted by molar-refractivity contribution is -0.118. The summed E-state index contributed by atoms with van der Waals surface area (Å²) in [5.41, 5.74) is 6.41. The third-order valence-corrected chi connectivity index (χ3v) is 5.96. The lowest BCUT2D eigenvalue weighted by atomic mass is 10.2. The average Bonchev–Trinajstić information content (AvgIpc) is 3.12. The average molecular weight is 469 g/mol. The van der Waals surface area contributed by atoms with Crippen LogP contribution < -0.4 is 5.43 Å². The maximum absolute atomic E-state index is 12.3. The van der Waals surface area contributed by atoms with Gasteiger partial charge >= 0.3 is 0 Å². The van der Waals surface area contributed by atoms with Gasteiger partial charge in [-0.2, -0.15) is 5.10 Å². The first-order chi connectivity index (χ1) is 15.1. The molecule has 0 unspecified atom stereocenters. The second-order valence-electron chi connectivity index (χ2n) is 6.73. The fourth-order valence-corrected chi connectivity index (χ4v) is 4.04. The van der Waals surface area contributed by atoms with Crippen molar-refractivity contribution in [1.82, 2.24) is 15.0 Å². The number of imidazole rings is 1. The molecule has 31 heavy (non-hydrogen) atoms. The summed E-state index contributed by atoms with van der Waals surface area (Å²) in [4.78, 5) is 17.0. The van der Waals surface area contributed by atoms with Crippen molar-refractivity contribution in [2.75, 3.05) is 5.75 Å². The molecule has 1 N–H and O–H groups in total. The largest absolute Gasteiger partial charge is 0.314 e. The number of carbonyl (C=O) groups excluding carboxylic acids is 1. The van der Waals surface area contributed by atoms with Crippen LogP contribution in [0.3, 0.4) is 0 Å². The van der Waals surface area contributed by atoms with E-state index >= 15 is 0 Å². The van der Waals surface area contributed by atoms with Gasteiger partial charge in [-0.25, -0.2) is 10.4 Å². The Hall–Kier alpha value is -2.80. The number of nitrogens with zero attached hydrogens (tertiary/aromatic N) is 3. The first kappa shape index (κ1) is 21.4. The minimum absolute atomic E-state index is 0.196. The highest BCUT2D eigenvalue weighted by molar-refractivity contribution is 7.99. The van der Waals surface area contributed by atoms with Crippen molar-refractivity contribution in [1.29, 1.82) is 0 Å². The molecule has 0 aliphatic rings. The summed E-state index contributed by atoms with van der Waals surface area (Å²) in [5.74, 6) is -0.0117. The normalized spacial score (nSPS) is 11.3. The van der Waals surface area contributed by atoms with Crippen LogP contribution in [0.2, 0.25) is 10.0 Å². The molecule has 0 fully saturated rings. The molecule has 3 aromatic carbocycles. The Bertz CT molecular complexity index is 1220. The van der Waals surface area contributed by atoms with Crippen molar-refractivity contribution < 1.29 is 4.79 Å². The third kappa shape index (κ3) is 5.67. The second kappa shape index (κ2) is 10.0. The van der Waals surface area contributed by atoms with Crippen molar-refractivity contribution in [2.45, 2.75) is 11.7 Å². The van der Waals surface area contributed by atoms with Gasteiger partial charge in [0.1, 0.15) is 0 Å². The van der Waals surface area contributed by atoms with Gasteiger partial charge < -0.3 is 4.57 Å². The van der Waals surface area contributed by atoms with Crippen LogP contribution in [0.4, 0.5) is 0 Å². The van der Waals surface area contributed by atoms with Crippen LogP contribution in [-0.4, -0.2) is 27.4 Å². The van der Waals surface area contributed by atoms with Crippen molar-refractivity contribution in [3.63, 3.8) is 0 Å². The van der Waals surface area contributed by atoms with E-state index in [1.54, 1.807) is 18.3 Å². The number of nitrogens with one attached hydrogen (secondary N) is 1. The van der Waals surface area contributed by atoms with Gasteiger partial charge in [-0.3, -0.25) is 4.79 Å². The molecule has 156 valence electrons. The molecule has 8 heteroatoms. The zero-order chi connectivity index (χ0) is 21.6. The fraction of sp³-hybridized carbons (Fsp3) is 0.0870. The summed E-state index contributed by atoms with van der Waals surface area (Å²) >= 11 is 13.2. The Morgan fingerprint density at radius 3 is 2.42 bits per heavy atom. The predicted molar refractivity (Wildman–Crippen MR) is 128 cm³/mol. The lowest BCUT2D eigenvalue weighted by Crippen LogP contribution is -2.20. The molecule has 0 aliphatic heterocycles. The van der Waals surface area contributed by atoms with Crippen LogP contribution in [-0.2, 0) is 11.3 Å². The highest BCUT2D eigenvalue weighted by atomic mass is 35.5. The highest BCUT2D eigenvalue weighted by Crippen LogP contribution is 2.25. The molecule has 1 heterocycles. The summed E-state index contributed by atoms with van der Waals surface area (Å²) in [7, 11) is 0. The van der Waals surface area contributed by atoms with E-state index in [4.69, 9.17) is 28.2 Å². The Balaban J connectivity index is 1.44. The number of hydrogen-bond acceptors (Lipinski definition) is 4. The van der Waals surface area contributed by atoms with Gasteiger partial charge in [-0.15, -0.1) is 0 Å². The Morgan fingerprint density at radius 2 is 1.68 bits per heavy atom. The van der Waals surface area contributed by atoms with Crippen molar-refractivity contribution in [3.8, 4) is 0 Å². The third-order valence-electron chi connectivity index (χ3n) is 4.48. The first-order valence-electron chi connectivity index (χ1n) is 9.48. The smallest absolute Gasteiger partial charge is 0.250 e. The molecule has 1 amide bonds. The summed E-state index contributed by atoms with van der Waals surface area (Å²) in [5, 5.41) is 6.13. The Morgan fingerprint density at radius 1 is 1.00 bits per heavy atom. The number of thioether (sulfide) groups is 1. The van der Waals surface area contributed by atoms with Crippen LogP contribution in [0, 0.1) is 0 Å². The van der Waals surface area contributed by atoms with Gasteiger partial charge in [0.15, 0.2) is 5.16 Å². The molecule has 0 bridgehead atoms. The number of benzene rings is 3. The van der Waals surface area contributed by atoms with Crippen LogP contribution in [0.25, 0.3) is 11.0 Å². The monoisotopic (exact) mass is 468 g/mol. The number of amides is 1. The molecule has 1 aromatic heterocycles. The highest BCUT2D eigenvalue weighted by Gasteiger charge is 2.13. The van der Waals surface area contributed by atoms with Crippen molar-refractivity contribution in [2.24, 2.45) is 5.10 Å². The molecule has 0 atom stereocenters. The van der Waals surface area contributed by atoms with Gasteiger partial charge in [0, 0.05) is 10.0 Å². The molecule has 4 aromatic rings. The van der Waals surface area contributed by atoms with Crippen LogP contribution >= 0.6 is 35.0 Å². The predicted octanol–water partition coefficient (Wildman–Crippen LogP) is 5.63. The molecular formula is C23H18Cl2N4OS. The summed E-state index contributed by atoms with van der Waals surface area (Å²) < 4.78 is 2.10. The zero-order valence-electron chi connectivity index (χ0n) is 16.3. The van der Waals surface area contributed by atoms with Gasteiger partial charge in [0.25, 0.3) is 5.91 Å². The van der Waals surface area contributed by atoms with Crippen molar-refractivity contribution >= 4 is 58.1 Å². The number of fused-ring (bicyclic) bond motifs is 1. The van der Waals surface area contributed by atoms with E-state index in [1.807, 2.05) is 60.7 Å². The molecular weight excluding hydrogens is 451 g/mol. The number of carbonyl (C=O) groups is 1. The topological polar surface area (TPSA) is 59.3 Å². The van der Waals surface area contributed by atoms with E-state index < -0.39 is 0 Å². The SMILES string of the molecule is O=C(CSc1nc2ccccc2n1Cc1ccc(Cl)cc1)N/N=C/c1ccc(Cl)cc1.